The quantitative estimate of drug-likeness (QED) is 0.594. The number of hydrogen-bond donors (Lipinski definition) is 3. The molecule has 0 rings (SSSR count). The third kappa shape index (κ3) is 5.74. The number of amides is 3. The van der Waals surface area contributed by atoms with Crippen LogP contribution in [0.1, 0.15) is 20.3 Å². The lowest BCUT2D eigenvalue weighted by atomic mass is 10.2. The molecule has 0 heterocycles. The fourth-order valence-electron chi connectivity index (χ4n) is 1.01. The van der Waals surface area contributed by atoms with Gasteiger partial charge in [-0.15, -0.1) is 0 Å². The van der Waals surface area contributed by atoms with Crippen molar-refractivity contribution in [2.24, 2.45) is 0 Å². The molecule has 0 spiro atoms. The van der Waals surface area contributed by atoms with Gasteiger partial charge in [0.1, 0.15) is 6.04 Å². The summed E-state index contributed by atoms with van der Waals surface area (Å²) in [6, 6.07) is -1.59. The first kappa shape index (κ1) is 15.2. The molecule has 0 aliphatic carbocycles. The monoisotopic (exact) mass is 245 g/mol. The summed E-state index contributed by atoms with van der Waals surface area (Å²) >= 11 is 0. The molecule has 1 atom stereocenters. The van der Waals surface area contributed by atoms with Gasteiger partial charge in [0.05, 0.1) is 6.54 Å². The molecule has 0 aliphatic rings. The van der Waals surface area contributed by atoms with Crippen LogP contribution < -0.4 is 10.6 Å². The summed E-state index contributed by atoms with van der Waals surface area (Å²) in [5.41, 5.74) is 0. The van der Waals surface area contributed by atoms with Crippen molar-refractivity contribution in [3.8, 4) is 0 Å². The maximum atomic E-state index is 11.3. The first-order chi connectivity index (χ1) is 7.92. The van der Waals surface area contributed by atoms with E-state index >= 15 is 0 Å². The number of urea groups is 1. The largest absolute Gasteiger partial charge is 0.480 e. The Morgan fingerprint density at radius 3 is 2.29 bits per heavy atom. The van der Waals surface area contributed by atoms with Crippen molar-refractivity contribution < 1.29 is 19.5 Å². The van der Waals surface area contributed by atoms with E-state index in [0.29, 0.717) is 6.54 Å². The van der Waals surface area contributed by atoms with E-state index in [1.54, 1.807) is 14.0 Å². The maximum absolute atomic E-state index is 11.3. The summed E-state index contributed by atoms with van der Waals surface area (Å²) in [7, 11) is 1.62. The third-order valence-electron chi connectivity index (χ3n) is 2.31. The first-order valence-electron chi connectivity index (χ1n) is 5.43. The van der Waals surface area contributed by atoms with E-state index in [2.05, 4.69) is 10.6 Å². The van der Waals surface area contributed by atoms with Gasteiger partial charge in [0.25, 0.3) is 0 Å². The Bertz CT molecular complexity index is 293. The molecule has 7 heteroatoms. The summed E-state index contributed by atoms with van der Waals surface area (Å²) in [4.78, 5) is 34.7. The van der Waals surface area contributed by atoms with Crippen LogP contribution in [0.15, 0.2) is 0 Å². The van der Waals surface area contributed by atoms with Crippen molar-refractivity contribution in [3.63, 3.8) is 0 Å². The Hall–Kier alpha value is -1.79. The number of carboxylic acids is 1. The van der Waals surface area contributed by atoms with Crippen molar-refractivity contribution in [3.05, 3.63) is 0 Å². The first-order valence-corrected chi connectivity index (χ1v) is 5.43. The number of rotatable bonds is 6. The molecule has 0 saturated carbocycles. The fourth-order valence-corrected chi connectivity index (χ4v) is 1.01. The number of aliphatic carboxylic acids is 1. The maximum Gasteiger partial charge on any atom is 0.326 e. The molecule has 0 radical (unpaired) electrons. The zero-order chi connectivity index (χ0) is 13.4. The molecule has 0 aromatic carbocycles. The summed E-state index contributed by atoms with van der Waals surface area (Å²) in [5.74, 6) is -1.33. The van der Waals surface area contributed by atoms with Crippen LogP contribution in [0.2, 0.25) is 0 Å². The van der Waals surface area contributed by atoms with E-state index in [9.17, 15) is 14.4 Å². The van der Waals surface area contributed by atoms with Crippen LogP contribution in [0, 0.1) is 0 Å². The number of nitrogens with zero attached hydrogens (tertiary/aromatic N) is 1. The van der Waals surface area contributed by atoms with E-state index in [4.69, 9.17) is 5.11 Å². The fraction of sp³-hybridized carbons (Fsp3) is 0.700. The smallest absolute Gasteiger partial charge is 0.326 e. The SMILES string of the molecule is CCC(NC(=O)NCC(=O)N(C)CC)C(=O)O. The highest BCUT2D eigenvalue weighted by molar-refractivity contribution is 5.86. The Morgan fingerprint density at radius 2 is 1.88 bits per heavy atom. The second-order valence-corrected chi connectivity index (χ2v) is 3.53. The normalized spacial score (nSPS) is 11.5. The van der Waals surface area contributed by atoms with E-state index in [-0.39, 0.29) is 18.9 Å². The Morgan fingerprint density at radius 1 is 1.29 bits per heavy atom. The minimum Gasteiger partial charge on any atom is -0.480 e. The molecule has 17 heavy (non-hydrogen) atoms. The molecule has 3 amide bonds. The van der Waals surface area contributed by atoms with Gasteiger partial charge in [-0.1, -0.05) is 6.92 Å². The summed E-state index contributed by atoms with van der Waals surface area (Å²) in [5, 5.41) is 13.3. The Labute approximate surface area is 100 Å². The van der Waals surface area contributed by atoms with Gasteiger partial charge in [0.2, 0.25) is 5.91 Å². The second-order valence-electron chi connectivity index (χ2n) is 3.53. The number of carbonyl (C=O) groups excluding carboxylic acids is 2. The summed E-state index contributed by atoms with van der Waals surface area (Å²) < 4.78 is 0. The highest BCUT2D eigenvalue weighted by atomic mass is 16.4. The number of nitrogens with one attached hydrogen (secondary N) is 2. The average molecular weight is 245 g/mol. The molecule has 0 bridgehead atoms. The molecule has 1 unspecified atom stereocenters. The minimum atomic E-state index is -1.10. The molecule has 98 valence electrons. The standard InChI is InChI=1S/C10H19N3O4/c1-4-7(9(15)16)12-10(17)11-6-8(14)13(3)5-2/h7H,4-6H2,1-3H3,(H,15,16)(H2,11,12,17). The topological polar surface area (TPSA) is 98.7 Å². The molecule has 7 nitrogen and oxygen atoms in total. The average Bonchev–Trinajstić information content (AvgIpc) is 2.31. The Kier molecular flexibility index (Phi) is 6.69. The van der Waals surface area contributed by atoms with E-state index in [0.717, 1.165) is 0 Å². The predicted octanol–water partition coefficient (Wildman–Crippen LogP) is -0.373. The lowest BCUT2D eigenvalue weighted by Crippen LogP contribution is -2.48. The Balaban J connectivity index is 4.03. The zero-order valence-electron chi connectivity index (χ0n) is 10.3. The zero-order valence-corrected chi connectivity index (χ0v) is 10.3. The van der Waals surface area contributed by atoms with Crippen LogP contribution in [-0.4, -0.2) is 54.1 Å². The van der Waals surface area contributed by atoms with Crippen molar-refractivity contribution in [1.82, 2.24) is 15.5 Å². The van der Waals surface area contributed by atoms with E-state index < -0.39 is 18.0 Å². The molecular weight excluding hydrogens is 226 g/mol. The van der Waals surface area contributed by atoms with Crippen molar-refractivity contribution in [2.45, 2.75) is 26.3 Å². The second kappa shape index (κ2) is 7.48. The molecule has 0 fully saturated rings. The van der Waals surface area contributed by atoms with Gasteiger partial charge in [-0.05, 0) is 13.3 Å². The number of likely N-dealkylation sites (N-methyl/N-ethyl adjacent to an activating group) is 1. The molecule has 0 saturated heterocycles. The predicted molar refractivity (Wildman–Crippen MR) is 61.6 cm³/mol. The van der Waals surface area contributed by atoms with Crippen molar-refractivity contribution in [2.75, 3.05) is 20.1 Å². The van der Waals surface area contributed by atoms with Gasteiger partial charge >= 0.3 is 12.0 Å². The molecule has 0 aromatic heterocycles. The van der Waals surface area contributed by atoms with Crippen LogP contribution in [0.25, 0.3) is 0 Å². The summed E-state index contributed by atoms with van der Waals surface area (Å²) in [6.45, 7) is 3.87. The van der Waals surface area contributed by atoms with Crippen LogP contribution in [0.4, 0.5) is 4.79 Å². The van der Waals surface area contributed by atoms with E-state index in [1.807, 2.05) is 6.92 Å². The van der Waals surface area contributed by atoms with Gasteiger partial charge < -0.3 is 20.6 Å². The number of hydrogen-bond acceptors (Lipinski definition) is 3. The lowest BCUT2D eigenvalue weighted by molar-refractivity contribution is -0.139. The number of carbonyl (C=O) groups is 3. The van der Waals surface area contributed by atoms with Crippen LogP contribution in [0.3, 0.4) is 0 Å². The van der Waals surface area contributed by atoms with Crippen LogP contribution >= 0.6 is 0 Å². The number of carboxylic acid groups (broad SMARTS) is 1. The van der Waals surface area contributed by atoms with Gasteiger partial charge in [-0.3, -0.25) is 4.79 Å². The third-order valence-corrected chi connectivity index (χ3v) is 2.31. The highest BCUT2D eigenvalue weighted by Crippen LogP contribution is 1.90. The van der Waals surface area contributed by atoms with Gasteiger partial charge in [-0.25, -0.2) is 9.59 Å². The summed E-state index contributed by atoms with van der Waals surface area (Å²) in [6.07, 6.45) is 0.283. The van der Waals surface area contributed by atoms with Crippen LogP contribution in [0.5, 0.6) is 0 Å². The highest BCUT2D eigenvalue weighted by Gasteiger charge is 2.17. The van der Waals surface area contributed by atoms with Crippen molar-refractivity contribution >= 4 is 17.9 Å². The molecule has 0 aromatic rings. The minimum absolute atomic E-state index is 0.147. The molecule has 0 aliphatic heterocycles. The lowest BCUT2D eigenvalue weighted by Gasteiger charge is -2.16. The van der Waals surface area contributed by atoms with Gasteiger partial charge in [-0.2, -0.15) is 0 Å². The van der Waals surface area contributed by atoms with Crippen molar-refractivity contribution in [1.29, 1.82) is 0 Å². The molecular formula is C10H19N3O4. The molecule has 3 N–H and O–H groups in total. The van der Waals surface area contributed by atoms with Crippen LogP contribution in [-0.2, 0) is 9.59 Å². The van der Waals surface area contributed by atoms with Gasteiger partial charge in [0.15, 0.2) is 0 Å². The van der Waals surface area contributed by atoms with Gasteiger partial charge in [0, 0.05) is 13.6 Å². The van der Waals surface area contributed by atoms with E-state index in [1.165, 1.54) is 4.90 Å².